The van der Waals surface area contributed by atoms with Gasteiger partial charge in [-0.05, 0) is 59.0 Å². The predicted octanol–water partition coefficient (Wildman–Crippen LogP) is 4.53. The summed E-state index contributed by atoms with van der Waals surface area (Å²) in [4.78, 5) is 38.2. The summed E-state index contributed by atoms with van der Waals surface area (Å²) < 4.78 is 9.96. The van der Waals surface area contributed by atoms with Crippen molar-refractivity contribution in [3.05, 3.63) is 22.7 Å². The number of hydrogen-bond acceptors (Lipinski definition) is 6. The highest BCUT2D eigenvalue weighted by atomic mass is 16.5. The highest BCUT2D eigenvalue weighted by molar-refractivity contribution is 6.03. The molecule has 2 fully saturated rings. The fraction of sp³-hybridized carbons (Fsp3) is 0.696. The number of esters is 2. The number of ether oxygens (including phenoxy) is 2. The first-order valence-corrected chi connectivity index (χ1v) is 10.6. The molecule has 2 unspecified atom stereocenters. The van der Waals surface area contributed by atoms with Crippen molar-refractivity contribution >= 4 is 17.7 Å². The zero-order chi connectivity index (χ0) is 22.8. The van der Waals surface area contributed by atoms with E-state index in [1.54, 1.807) is 27.7 Å². The predicted molar refractivity (Wildman–Crippen MR) is 111 cm³/mol. The number of carbonyl (C=O) groups excluding carboxylic acids is 3. The molecule has 0 aromatic carbocycles. The van der Waals surface area contributed by atoms with E-state index in [9.17, 15) is 14.4 Å². The van der Waals surface area contributed by atoms with Crippen LogP contribution in [0, 0.1) is 28.7 Å². The average molecular weight is 417 g/mol. The van der Waals surface area contributed by atoms with Crippen LogP contribution in [-0.2, 0) is 23.9 Å². The van der Waals surface area contributed by atoms with Gasteiger partial charge in [-0.3, -0.25) is 14.4 Å². The minimum absolute atomic E-state index is 0.0391. The summed E-state index contributed by atoms with van der Waals surface area (Å²) in [5.74, 6) is -0.622. The maximum Gasteiger partial charge on any atom is 0.319 e. The van der Waals surface area contributed by atoms with Gasteiger partial charge in [0.15, 0.2) is 0 Å². The normalized spacial score (nSPS) is 27.5. The van der Waals surface area contributed by atoms with E-state index in [-0.39, 0.29) is 23.4 Å². The van der Waals surface area contributed by atoms with E-state index < -0.39 is 10.8 Å². The van der Waals surface area contributed by atoms with Crippen LogP contribution < -0.4 is 0 Å². The first kappa shape index (κ1) is 25.4. The van der Waals surface area contributed by atoms with Gasteiger partial charge in [-0.15, -0.1) is 0 Å². The van der Waals surface area contributed by atoms with Gasteiger partial charge in [0.25, 0.3) is 5.70 Å². The zero-order valence-electron chi connectivity index (χ0n) is 18.5. The van der Waals surface area contributed by atoms with Crippen LogP contribution in [0.2, 0.25) is 0 Å². The van der Waals surface area contributed by atoms with Gasteiger partial charge in [0.05, 0.1) is 31.3 Å². The third kappa shape index (κ3) is 5.69. The van der Waals surface area contributed by atoms with E-state index in [4.69, 9.17) is 21.3 Å². The molecule has 7 heteroatoms. The van der Waals surface area contributed by atoms with Crippen LogP contribution in [0.15, 0.2) is 11.3 Å². The molecular formula is C23H32N2O5. The van der Waals surface area contributed by atoms with Crippen molar-refractivity contribution in [2.45, 2.75) is 79.1 Å². The monoisotopic (exact) mass is 416 g/mol. The van der Waals surface area contributed by atoms with Gasteiger partial charge in [-0.25, -0.2) is 10.1 Å². The second kappa shape index (κ2) is 11.5. The summed E-state index contributed by atoms with van der Waals surface area (Å²) in [7, 11) is 0. The molecule has 0 radical (unpaired) electrons. The SMILES string of the molecule is CCOC(=O)C1(C)CCCCC1=O.[C-]#[N+]/C(C#N)=C1\CCCCC1(C)C(=O)OCC. The number of allylic oxidation sites excluding steroid dienone is 1. The maximum atomic E-state index is 12.0. The molecule has 0 heterocycles. The molecule has 0 spiro atoms. The number of hydrogen-bond donors (Lipinski definition) is 0. The maximum absolute atomic E-state index is 12.0. The molecule has 0 bridgehead atoms. The summed E-state index contributed by atoms with van der Waals surface area (Å²) >= 11 is 0. The first-order valence-electron chi connectivity index (χ1n) is 10.6. The smallest absolute Gasteiger partial charge is 0.319 e. The molecule has 2 aliphatic carbocycles. The first-order chi connectivity index (χ1) is 14.2. The molecule has 0 aromatic rings. The molecule has 164 valence electrons. The van der Waals surface area contributed by atoms with E-state index in [2.05, 4.69) is 4.85 Å². The Morgan fingerprint density at radius 1 is 1.00 bits per heavy atom. The Bertz CT molecular complexity index is 757. The lowest BCUT2D eigenvalue weighted by Gasteiger charge is -2.34. The summed E-state index contributed by atoms with van der Waals surface area (Å²) in [6.45, 7) is 14.7. The van der Waals surface area contributed by atoms with Crippen molar-refractivity contribution in [2.75, 3.05) is 13.2 Å². The molecule has 2 atom stereocenters. The quantitative estimate of drug-likeness (QED) is 0.289. The van der Waals surface area contributed by atoms with Crippen LogP contribution in [0.1, 0.15) is 79.1 Å². The van der Waals surface area contributed by atoms with E-state index in [1.807, 2.05) is 6.07 Å². The standard InChI is InChI=1S/C13H16N2O2.C10H16O3/c1-4-17-12(16)13(2)8-6-5-7-10(13)11(9-14)15-3;1-3-13-9(12)10(2)7-5-4-6-8(10)11/h4-8H2,1-2H3;3-7H2,1-2H3/b11-10+;. The molecule has 30 heavy (non-hydrogen) atoms. The van der Waals surface area contributed by atoms with Gasteiger partial charge >= 0.3 is 11.9 Å². The third-order valence-corrected chi connectivity index (χ3v) is 5.92. The summed E-state index contributed by atoms with van der Waals surface area (Å²) in [6, 6.07) is 1.89. The number of rotatable bonds is 4. The Morgan fingerprint density at radius 3 is 1.97 bits per heavy atom. The Morgan fingerprint density at radius 2 is 1.50 bits per heavy atom. The average Bonchev–Trinajstić information content (AvgIpc) is 2.73. The molecule has 0 N–H and O–H groups in total. The lowest BCUT2D eigenvalue weighted by molar-refractivity contribution is -0.161. The molecule has 0 aromatic heterocycles. The largest absolute Gasteiger partial charge is 0.465 e. The highest BCUT2D eigenvalue weighted by Gasteiger charge is 2.43. The molecule has 0 aliphatic heterocycles. The van der Waals surface area contributed by atoms with Crippen molar-refractivity contribution in [3.63, 3.8) is 0 Å². The Kier molecular flexibility index (Phi) is 9.72. The van der Waals surface area contributed by atoms with Gasteiger partial charge in [0, 0.05) is 6.42 Å². The number of nitriles is 1. The van der Waals surface area contributed by atoms with Crippen LogP contribution in [0.4, 0.5) is 0 Å². The molecule has 2 rings (SSSR count). The highest BCUT2D eigenvalue weighted by Crippen LogP contribution is 2.43. The minimum Gasteiger partial charge on any atom is -0.465 e. The zero-order valence-corrected chi connectivity index (χ0v) is 18.5. The van der Waals surface area contributed by atoms with Crippen molar-refractivity contribution < 1.29 is 23.9 Å². The van der Waals surface area contributed by atoms with Crippen molar-refractivity contribution in [2.24, 2.45) is 10.8 Å². The van der Waals surface area contributed by atoms with Crippen molar-refractivity contribution in [1.82, 2.24) is 0 Å². The fourth-order valence-electron chi connectivity index (χ4n) is 3.95. The van der Waals surface area contributed by atoms with Gasteiger partial charge in [0.2, 0.25) is 0 Å². The van der Waals surface area contributed by atoms with Gasteiger partial charge in [-0.2, -0.15) is 0 Å². The Labute approximate surface area is 179 Å². The molecule has 0 saturated heterocycles. The summed E-state index contributed by atoms with van der Waals surface area (Å²) in [5.41, 5.74) is -0.932. The number of Topliss-reactive ketones (excluding diaryl/α,β-unsaturated/α-hetero) is 1. The molecule has 0 amide bonds. The topological polar surface area (TPSA) is 97.8 Å². The number of nitrogens with zero attached hydrogens (tertiary/aromatic N) is 2. The van der Waals surface area contributed by atoms with E-state index in [0.717, 1.165) is 25.7 Å². The van der Waals surface area contributed by atoms with Crippen LogP contribution in [0.5, 0.6) is 0 Å². The van der Waals surface area contributed by atoms with Crippen LogP contribution in [-0.4, -0.2) is 30.9 Å². The van der Waals surface area contributed by atoms with Gasteiger partial charge in [-0.1, -0.05) is 19.3 Å². The number of ketones is 1. The van der Waals surface area contributed by atoms with E-state index in [1.165, 1.54) is 0 Å². The van der Waals surface area contributed by atoms with E-state index in [0.29, 0.717) is 44.5 Å². The Balaban J connectivity index is 0.000000311. The summed E-state index contributed by atoms with van der Waals surface area (Å²) in [5, 5.41) is 8.95. The van der Waals surface area contributed by atoms with Crippen molar-refractivity contribution in [3.8, 4) is 6.07 Å². The third-order valence-electron chi connectivity index (χ3n) is 5.92. The van der Waals surface area contributed by atoms with Crippen LogP contribution in [0.25, 0.3) is 4.85 Å². The van der Waals surface area contributed by atoms with Crippen molar-refractivity contribution in [1.29, 1.82) is 5.26 Å². The van der Waals surface area contributed by atoms with Gasteiger partial charge in [0.1, 0.15) is 11.2 Å². The van der Waals surface area contributed by atoms with E-state index >= 15 is 0 Å². The fourth-order valence-corrected chi connectivity index (χ4v) is 3.95. The van der Waals surface area contributed by atoms with Crippen LogP contribution in [0.3, 0.4) is 0 Å². The molecule has 7 nitrogen and oxygen atoms in total. The minimum atomic E-state index is -0.853. The lowest BCUT2D eigenvalue weighted by atomic mass is 9.71. The molecule has 2 aliphatic rings. The number of carbonyl (C=O) groups is 3. The van der Waals surface area contributed by atoms with Gasteiger partial charge < -0.3 is 9.47 Å². The second-order valence-electron chi connectivity index (χ2n) is 7.99. The Hall–Kier alpha value is -2.67. The molecule has 2 saturated carbocycles. The lowest BCUT2D eigenvalue weighted by Crippen LogP contribution is -2.40. The summed E-state index contributed by atoms with van der Waals surface area (Å²) in [6.07, 6.45) is 6.16. The van der Waals surface area contributed by atoms with Crippen LogP contribution >= 0.6 is 0 Å². The second-order valence-corrected chi connectivity index (χ2v) is 7.99. The molecular weight excluding hydrogens is 384 g/mol.